The monoisotopic (exact) mass is 581 g/mol. The Morgan fingerprint density at radius 2 is 1.00 bits per heavy atom. The van der Waals surface area contributed by atoms with Gasteiger partial charge < -0.3 is 15.1 Å². The van der Waals surface area contributed by atoms with Crippen LogP contribution in [0.15, 0.2) is 34.1 Å². The highest BCUT2D eigenvalue weighted by Gasteiger charge is 2.40. The zero-order valence-corrected chi connectivity index (χ0v) is 20.4. The predicted molar refractivity (Wildman–Crippen MR) is 120 cm³/mol. The molecule has 1 N–H and O–H groups in total. The topological polar surface area (TPSA) is 18.5 Å². The van der Waals surface area contributed by atoms with Crippen molar-refractivity contribution in [3.8, 4) is 0 Å². The summed E-state index contributed by atoms with van der Waals surface area (Å²) in [5, 5.41) is 2.43. The first kappa shape index (κ1) is 26.8. The summed E-state index contributed by atoms with van der Waals surface area (Å²) in [6, 6.07) is 4.92. The van der Waals surface area contributed by atoms with Gasteiger partial charge in [0.25, 0.3) is 0 Å². The summed E-state index contributed by atoms with van der Waals surface area (Å²) in [6.45, 7) is 0. The van der Waals surface area contributed by atoms with Crippen LogP contribution in [0.3, 0.4) is 0 Å². The highest BCUT2D eigenvalue weighted by Crippen LogP contribution is 2.54. The number of alkyl halides is 6. The maximum atomic E-state index is 13.6. The second-order valence-corrected chi connectivity index (χ2v) is 7.83. The maximum absolute atomic E-state index is 13.6. The molecule has 2 aromatic carbocycles. The number of hydrogen-bond donors (Lipinski definition) is 1. The van der Waals surface area contributed by atoms with Crippen LogP contribution in [0.2, 0.25) is 0 Å². The molecule has 0 aliphatic carbocycles. The van der Waals surface area contributed by atoms with Crippen molar-refractivity contribution < 1.29 is 26.3 Å². The van der Waals surface area contributed by atoms with Gasteiger partial charge in [-0.15, -0.1) is 34.0 Å². The van der Waals surface area contributed by atoms with Crippen LogP contribution in [-0.4, -0.2) is 28.2 Å². The van der Waals surface area contributed by atoms with E-state index in [0.717, 1.165) is 23.9 Å². The van der Waals surface area contributed by atoms with E-state index in [1.807, 2.05) is 0 Å². The Hall–Kier alpha value is -1.27. The van der Waals surface area contributed by atoms with Crippen LogP contribution < -0.4 is 15.1 Å². The lowest BCUT2D eigenvalue weighted by atomic mass is 10.1. The second-order valence-electron chi connectivity index (χ2n) is 6.74. The fourth-order valence-electron chi connectivity index (χ4n) is 2.83. The minimum absolute atomic E-state index is 0. The highest BCUT2D eigenvalue weighted by molar-refractivity contribution is 8.93. The Labute approximate surface area is 195 Å². The molecule has 1 aliphatic rings. The number of halogens is 8. The Bertz CT molecular complexity index is 856. The molecule has 12 heteroatoms. The van der Waals surface area contributed by atoms with E-state index >= 15 is 0 Å². The van der Waals surface area contributed by atoms with Crippen LogP contribution >= 0.6 is 45.7 Å². The molecule has 0 unspecified atom stereocenters. The Kier molecular flexibility index (Phi) is 8.09. The Morgan fingerprint density at radius 1 is 0.667 bits per heavy atom. The van der Waals surface area contributed by atoms with E-state index in [9.17, 15) is 26.3 Å². The summed E-state index contributed by atoms with van der Waals surface area (Å²) < 4.78 is 81.6. The molecule has 168 valence electrons. The quantitative estimate of drug-likeness (QED) is 0.321. The molecule has 3 nitrogen and oxygen atoms in total. The van der Waals surface area contributed by atoms with Crippen LogP contribution in [0.1, 0.15) is 11.1 Å². The highest BCUT2D eigenvalue weighted by atomic mass is 79.9. The Morgan fingerprint density at radius 3 is 1.27 bits per heavy atom. The zero-order chi connectivity index (χ0) is 21.0. The summed E-state index contributed by atoms with van der Waals surface area (Å²) in [5.41, 5.74) is -2.11. The smallest absolute Gasteiger partial charge is 0.378 e. The third kappa shape index (κ3) is 5.13. The molecule has 0 radical (unpaired) electrons. The van der Waals surface area contributed by atoms with Crippen molar-refractivity contribution in [3.63, 3.8) is 0 Å². The van der Waals surface area contributed by atoms with Gasteiger partial charge in [0.05, 0.1) is 22.5 Å². The molecule has 1 aliphatic heterocycles. The number of anilines is 4. The number of hydrogen-bond acceptors (Lipinski definition) is 4. The van der Waals surface area contributed by atoms with Gasteiger partial charge in [-0.3, -0.25) is 0 Å². The van der Waals surface area contributed by atoms with Crippen molar-refractivity contribution in [2.45, 2.75) is 22.1 Å². The van der Waals surface area contributed by atoms with Crippen molar-refractivity contribution in [2.75, 3.05) is 43.3 Å². The van der Waals surface area contributed by atoms with Gasteiger partial charge in [0.2, 0.25) is 0 Å². The predicted octanol–water partition coefficient (Wildman–Crippen LogP) is 7.22. The van der Waals surface area contributed by atoms with Gasteiger partial charge in [0.15, 0.2) is 0 Å². The fraction of sp³-hybridized carbons (Fsp3) is 0.333. The number of fused-ring (bicyclic) bond motifs is 2. The molecule has 0 saturated carbocycles. The molecular formula is C18H19Br2F6N3S. The van der Waals surface area contributed by atoms with Gasteiger partial charge in [-0.05, 0) is 24.3 Å². The molecule has 0 bridgehead atoms. The van der Waals surface area contributed by atoms with E-state index in [1.54, 1.807) is 28.2 Å². The molecule has 2 aromatic rings. The van der Waals surface area contributed by atoms with Crippen molar-refractivity contribution in [3.05, 3.63) is 35.4 Å². The van der Waals surface area contributed by atoms with Gasteiger partial charge >= 0.3 is 12.4 Å². The summed E-state index contributed by atoms with van der Waals surface area (Å²) >= 11 is 0.890. The molecule has 0 fully saturated rings. The lowest BCUT2D eigenvalue weighted by molar-refractivity contribution is -0.137. The first-order valence-corrected chi connectivity index (χ1v) is 8.90. The molecule has 0 spiro atoms. The van der Waals surface area contributed by atoms with Crippen LogP contribution in [-0.2, 0) is 12.4 Å². The molecule has 0 saturated heterocycles. The minimum Gasteiger partial charge on any atom is -0.378 e. The lowest BCUT2D eigenvalue weighted by Gasteiger charge is -2.29. The third-order valence-electron chi connectivity index (χ3n) is 4.29. The molecule has 30 heavy (non-hydrogen) atoms. The van der Waals surface area contributed by atoms with Crippen LogP contribution in [0.4, 0.5) is 49.1 Å². The van der Waals surface area contributed by atoms with Crippen LogP contribution in [0, 0.1) is 0 Å². The van der Waals surface area contributed by atoms with Gasteiger partial charge in [-0.2, -0.15) is 26.3 Å². The van der Waals surface area contributed by atoms with Crippen molar-refractivity contribution >= 4 is 68.5 Å². The normalized spacial score (nSPS) is 12.6. The van der Waals surface area contributed by atoms with E-state index in [1.165, 1.54) is 21.9 Å². The van der Waals surface area contributed by atoms with E-state index in [2.05, 4.69) is 5.32 Å². The van der Waals surface area contributed by atoms with Crippen LogP contribution in [0.25, 0.3) is 0 Å². The van der Waals surface area contributed by atoms with Crippen molar-refractivity contribution in [1.29, 1.82) is 0 Å². The third-order valence-corrected chi connectivity index (χ3v) is 5.37. The van der Waals surface area contributed by atoms with E-state index in [0.29, 0.717) is 11.4 Å². The molecule has 1 heterocycles. The summed E-state index contributed by atoms with van der Waals surface area (Å²) in [6.07, 6.45) is -9.44. The van der Waals surface area contributed by atoms with E-state index < -0.39 is 23.5 Å². The summed E-state index contributed by atoms with van der Waals surface area (Å²) in [5.74, 6) is 0. The molecule has 0 amide bonds. The number of benzene rings is 2. The second kappa shape index (κ2) is 9.07. The summed E-state index contributed by atoms with van der Waals surface area (Å²) in [4.78, 5) is 3.47. The van der Waals surface area contributed by atoms with Gasteiger partial charge in [-0.25, -0.2) is 0 Å². The average molecular weight is 583 g/mol. The van der Waals surface area contributed by atoms with Crippen LogP contribution in [0.5, 0.6) is 0 Å². The minimum atomic E-state index is -4.72. The fourth-order valence-corrected chi connectivity index (χ4v) is 3.95. The summed E-state index contributed by atoms with van der Waals surface area (Å²) in [7, 11) is 6.40. The standard InChI is InChI=1S/C18H17F6N3S.2BrH/c1-26(2)9-5-11(17(19,20)21)15-13(7-9)28-14-8-10(27(3)4)6-12(16(14)25-15)18(22,23)24;;/h5-8,25H,1-4H3;2*1H. The average Bonchev–Trinajstić information content (AvgIpc) is 2.55. The van der Waals surface area contributed by atoms with Gasteiger partial charge in [0.1, 0.15) is 0 Å². The first-order valence-electron chi connectivity index (χ1n) is 8.09. The molecule has 3 rings (SSSR count). The van der Waals surface area contributed by atoms with Crippen molar-refractivity contribution in [1.82, 2.24) is 0 Å². The van der Waals surface area contributed by atoms with Gasteiger partial charge in [0, 0.05) is 49.4 Å². The molecular weight excluding hydrogens is 564 g/mol. The number of nitrogens with zero attached hydrogens (tertiary/aromatic N) is 2. The maximum Gasteiger partial charge on any atom is 0.418 e. The van der Waals surface area contributed by atoms with Crippen molar-refractivity contribution in [2.24, 2.45) is 0 Å². The molecule has 0 atom stereocenters. The first-order chi connectivity index (χ1) is 12.8. The Balaban J connectivity index is 0.00000225. The van der Waals surface area contributed by atoms with Gasteiger partial charge in [-0.1, -0.05) is 11.8 Å². The number of nitrogens with one attached hydrogen (secondary N) is 1. The largest absolute Gasteiger partial charge is 0.418 e. The SMILES string of the molecule is Br.Br.CN(C)c1cc2c(c(C(F)(F)F)c1)Nc1c(cc(N(C)C)cc1C(F)(F)F)S2. The molecule has 0 aromatic heterocycles. The zero-order valence-electron chi connectivity index (χ0n) is 16.2. The number of rotatable bonds is 2. The van der Waals surface area contributed by atoms with E-state index in [-0.39, 0.29) is 55.1 Å². The van der Waals surface area contributed by atoms with E-state index in [4.69, 9.17) is 0 Å². The lowest BCUT2D eigenvalue weighted by Crippen LogP contribution is -2.19.